The van der Waals surface area contributed by atoms with Gasteiger partial charge in [-0.2, -0.15) is 5.10 Å². The van der Waals surface area contributed by atoms with Gasteiger partial charge in [0.1, 0.15) is 5.82 Å². The molecule has 0 spiro atoms. The van der Waals surface area contributed by atoms with Crippen LogP contribution in [0.25, 0.3) is 0 Å². The van der Waals surface area contributed by atoms with E-state index in [1.165, 1.54) is 0 Å². The fourth-order valence-electron chi connectivity index (χ4n) is 3.73. The normalized spacial score (nSPS) is 16.6. The molecule has 0 aliphatic heterocycles. The molecule has 0 radical (unpaired) electrons. The monoisotopic (exact) mass is 375 g/mol. The van der Waals surface area contributed by atoms with Gasteiger partial charge in [0.25, 0.3) is 0 Å². The van der Waals surface area contributed by atoms with Crippen molar-refractivity contribution < 1.29 is 13.2 Å². The summed E-state index contributed by atoms with van der Waals surface area (Å²) in [5, 5.41) is 7.02. The molecule has 1 heterocycles. The minimum atomic E-state index is -3.82. The van der Waals surface area contributed by atoms with E-state index in [9.17, 15) is 13.2 Å². The molecule has 140 valence electrons. The number of sulfone groups is 1. The molecular weight excluding hydrogens is 350 g/mol. The number of aromatic nitrogens is 2. The van der Waals surface area contributed by atoms with Crippen LogP contribution in [-0.4, -0.2) is 28.9 Å². The van der Waals surface area contributed by atoms with Gasteiger partial charge in [-0.1, -0.05) is 25.0 Å². The summed E-state index contributed by atoms with van der Waals surface area (Å²) in [6.07, 6.45) is 2.13. The summed E-state index contributed by atoms with van der Waals surface area (Å²) in [5.41, 5.74) is 2.30. The standard InChI is InChI=1S/C19H25N3O3S/c1-13-7-8-14(2)16(11-13)26(24,25)19(9-5-6-10-19)18(23)20-17-12-15(3)21-22(17)4/h7-8,11-12H,5-6,9-10H2,1-4H3,(H,20,23). The van der Waals surface area contributed by atoms with Crippen LogP contribution in [0.3, 0.4) is 0 Å². The molecule has 0 unspecified atom stereocenters. The minimum Gasteiger partial charge on any atom is -0.310 e. The molecule has 1 fully saturated rings. The second kappa shape index (κ2) is 6.54. The topological polar surface area (TPSA) is 81.1 Å². The molecule has 2 aromatic rings. The van der Waals surface area contributed by atoms with E-state index in [1.54, 1.807) is 36.9 Å². The van der Waals surface area contributed by atoms with E-state index in [1.807, 2.05) is 19.9 Å². The lowest BCUT2D eigenvalue weighted by Crippen LogP contribution is -2.48. The van der Waals surface area contributed by atoms with Crippen molar-refractivity contribution in [2.24, 2.45) is 7.05 Å². The Balaban J connectivity index is 2.06. The predicted octanol–water partition coefficient (Wildman–Crippen LogP) is 3.07. The van der Waals surface area contributed by atoms with Crippen molar-refractivity contribution in [2.75, 3.05) is 5.32 Å². The highest BCUT2D eigenvalue weighted by atomic mass is 32.2. The summed E-state index contributed by atoms with van der Waals surface area (Å²) in [4.78, 5) is 13.4. The molecule has 0 atom stereocenters. The van der Waals surface area contributed by atoms with E-state index in [2.05, 4.69) is 10.4 Å². The van der Waals surface area contributed by atoms with Crippen LogP contribution >= 0.6 is 0 Å². The molecule has 1 N–H and O–H groups in total. The van der Waals surface area contributed by atoms with E-state index in [0.717, 1.165) is 24.1 Å². The molecule has 1 aliphatic carbocycles. The molecule has 1 aromatic heterocycles. The second-order valence-electron chi connectivity index (χ2n) is 7.22. The first-order valence-corrected chi connectivity index (χ1v) is 10.3. The lowest BCUT2D eigenvalue weighted by Gasteiger charge is -2.28. The first kappa shape index (κ1) is 18.6. The third-order valence-corrected chi connectivity index (χ3v) is 7.86. The van der Waals surface area contributed by atoms with Crippen molar-refractivity contribution in [1.29, 1.82) is 0 Å². The molecule has 1 saturated carbocycles. The van der Waals surface area contributed by atoms with Crippen LogP contribution in [0.5, 0.6) is 0 Å². The highest BCUT2D eigenvalue weighted by molar-refractivity contribution is 7.93. The SMILES string of the molecule is Cc1ccc(C)c(S(=O)(=O)C2(C(=O)Nc3cc(C)nn3C)CCCC2)c1. The van der Waals surface area contributed by atoms with Gasteiger partial charge < -0.3 is 5.32 Å². The number of amides is 1. The fourth-order valence-corrected chi connectivity index (χ4v) is 6.10. The fraction of sp³-hybridized carbons (Fsp3) is 0.474. The zero-order valence-corrected chi connectivity index (χ0v) is 16.5. The Labute approximate surface area is 154 Å². The molecule has 1 aliphatic rings. The quantitative estimate of drug-likeness (QED) is 0.890. The number of nitrogens with zero attached hydrogens (tertiary/aromatic N) is 2. The van der Waals surface area contributed by atoms with Gasteiger partial charge in [0.15, 0.2) is 14.6 Å². The summed E-state index contributed by atoms with van der Waals surface area (Å²) < 4.78 is 27.3. The first-order chi connectivity index (χ1) is 12.2. The number of hydrogen-bond acceptors (Lipinski definition) is 4. The molecule has 1 aromatic carbocycles. The number of carbonyl (C=O) groups excluding carboxylic acids is 1. The number of benzene rings is 1. The zero-order valence-electron chi connectivity index (χ0n) is 15.7. The van der Waals surface area contributed by atoms with E-state index in [0.29, 0.717) is 24.2 Å². The van der Waals surface area contributed by atoms with Crippen molar-refractivity contribution in [3.8, 4) is 0 Å². The van der Waals surface area contributed by atoms with Gasteiger partial charge in [0.05, 0.1) is 10.6 Å². The molecule has 3 rings (SSSR count). The van der Waals surface area contributed by atoms with Gasteiger partial charge in [-0.3, -0.25) is 9.48 Å². The van der Waals surface area contributed by atoms with Crippen LogP contribution in [-0.2, 0) is 21.7 Å². The average Bonchev–Trinajstić information content (AvgIpc) is 3.18. The van der Waals surface area contributed by atoms with Crippen LogP contribution in [0.4, 0.5) is 5.82 Å². The van der Waals surface area contributed by atoms with Crippen LogP contribution in [0.15, 0.2) is 29.2 Å². The van der Waals surface area contributed by atoms with Crippen LogP contribution in [0.1, 0.15) is 42.5 Å². The Morgan fingerprint density at radius 2 is 1.81 bits per heavy atom. The average molecular weight is 375 g/mol. The van der Waals surface area contributed by atoms with Gasteiger partial charge >= 0.3 is 0 Å². The summed E-state index contributed by atoms with van der Waals surface area (Å²) in [6.45, 7) is 5.46. The van der Waals surface area contributed by atoms with E-state index in [-0.39, 0.29) is 4.90 Å². The van der Waals surface area contributed by atoms with Crippen molar-refractivity contribution in [1.82, 2.24) is 9.78 Å². The Bertz CT molecular complexity index is 954. The second-order valence-corrected chi connectivity index (χ2v) is 9.45. The third-order valence-electron chi connectivity index (χ3n) is 5.22. The highest BCUT2D eigenvalue weighted by Crippen LogP contribution is 2.42. The van der Waals surface area contributed by atoms with E-state index in [4.69, 9.17) is 0 Å². The Kier molecular flexibility index (Phi) is 4.69. The van der Waals surface area contributed by atoms with Gasteiger partial charge in [-0.25, -0.2) is 8.42 Å². The van der Waals surface area contributed by atoms with Gasteiger partial charge in [-0.15, -0.1) is 0 Å². The number of hydrogen-bond donors (Lipinski definition) is 1. The maximum absolute atomic E-state index is 13.6. The molecule has 0 bridgehead atoms. The largest absolute Gasteiger partial charge is 0.310 e. The first-order valence-electron chi connectivity index (χ1n) is 8.81. The summed E-state index contributed by atoms with van der Waals surface area (Å²) >= 11 is 0. The molecule has 0 saturated heterocycles. The number of rotatable bonds is 4. The Morgan fingerprint density at radius 3 is 2.38 bits per heavy atom. The number of carbonyl (C=O) groups is 1. The summed E-state index contributed by atoms with van der Waals surface area (Å²) in [5.74, 6) is 0.0499. The highest BCUT2D eigenvalue weighted by Gasteiger charge is 2.53. The maximum atomic E-state index is 13.6. The van der Waals surface area contributed by atoms with Crippen LogP contribution in [0.2, 0.25) is 0 Å². The van der Waals surface area contributed by atoms with Crippen molar-refractivity contribution in [3.63, 3.8) is 0 Å². The number of nitrogens with one attached hydrogen (secondary N) is 1. The zero-order chi connectivity index (χ0) is 19.1. The van der Waals surface area contributed by atoms with Crippen molar-refractivity contribution in [3.05, 3.63) is 41.1 Å². The summed E-state index contributed by atoms with van der Waals surface area (Å²) in [7, 11) is -2.10. The molecule has 26 heavy (non-hydrogen) atoms. The van der Waals surface area contributed by atoms with Gasteiger partial charge in [0, 0.05) is 13.1 Å². The third kappa shape index (κ3) is 2.94. The van der Waals surface area contributed by atoms with Crippen molar-refractivity contribution in [2.45, 2.75) is 56.1 Å². The maximum Gasteiger partial charge on any atom is 0.247 e. The molecule has 1 amide bonds. The molecule has 6 nitrogen and oxygen atoms in total. The lowest BCUT2D eigenvalue weighted by molar-refractivity contribution is -0.118. The van der Waals surface area contributed by atoms with Gasteiger partial charge in [-0.05, 0) is 50.8 Å². The minimum absolute atomic E-state index is 0.260. The van der Waals surface area contributed by atoms with Gasteiger partial charge in [0.2, 0.25) is 5.91 Å². The number of anilines is 1. The number of aryl methyl sites for hydroxylation is 4. The van der Waals surface area contributed by atoms with E-state index >= 15 is 0 Å². The predicted molar refractivity (Wildman–Crippen MR) is 101 cm³/mol. The molecular formula is C19H25N3O3S. The van der Waals surface area contributed by atoms with Crippen LogP contribution in [0, 0.1) is 20.8 Å². The lowest BCUT2D eigenvalue weighted by atomic mass is 10.1. The molecule has 7 heteroatoms. The summed E-state index contributed by atoms with van der Waals surface area (Å²) in [6, 6.07) is 7.10. The Morgan fingerprint density at radius 1 is 1.15 bits per heavy atom. The smallest absolute Gasteiger partial charge is 0.247 e. The van der Waals surface area contributed by atoms with Crippen LogP contribution < -0.4 is 5.32 Å². The van der Waals surface area contributed by atoms with E-state index < -0.39 is 20.5 Å². The van der Waals surface area contributed by atoms with Crippen molar-refractivity contribution >= 4 is 21.6 Å². The Hall–Kier alpha value is -2.15.